The van der Waals surface area contributed by atoms with Crippen molar-refractivity contribution in [1.29, 1.82) is 5.26 Å². The Kier molecular flexibility index (Phi) is 5.11. The topological polar surface area (TPSA) is 105 Å². The van der Waals surface area contributed by atoms with Gasteiger partial charge in [0, 0.05) is 10.9 Å². The van der Waals surface area contributed by atoms with Gasteiger partial charge in [0.2, 0.25) is 5.60 Å². The number of rotatable bonds is 5. The molecule has 1 unspecified atom stereocenters. The number of hydrogen-bond donors (Lipinski definition) is 1. The summed E-state index contributed by atoms with van der Waals surface area (Å²) >= 11 is 0. The van der Waals surface area contributed by atoms with Gasteiger partial charge in [-0.05, 0) is 31.0 Å². The number of halogens is 3. The van der Waals surface area contributed by atoms with Crippen molar-refractivity contribution >= 4 is 16.7 Å². The number of fused-ring (bicyclic) bond motifs is 1. The van der Waals surface area contributed by atoms with Crippen molar-refractivity contribution in [2.24, 2.45) is 0 Å². The molecule has 1 aromatic carbocycles. The highest BCUT2D eigenvalue weighted by atomic mass is 19.4. The van der Waals surface area contributed by atoms with E-state index in [0.29, 0.717) is 22.0 Å². The molecule has 3 aromatic rings. The first-order chi connectivity index (χ1) is 13.6. The lowest BCUT2D eigenvalue weighted by atomic mass is 9.96. The van der Waals surface area contributed by atoms with E-state index in [2.05, 4.69) is 15.3 Å². The molecule has 0 saturated heterocycles. The number of aromatic nitrogens is 4. The normalized spacial score (nSPS) is 13.8. The first kappa shape index (κ1) is 20.4. The molecule has 0 aliphatic heterocycles. The molecule has 0 fully saturated rings. The van der Waals surface area contributed by atoms with Gasteiger partial charge in [-0.2, -0.15) is 18.4 Å². The summed E-state index contributed by atoms with van der Waals surface area (Å²) < 4.78 is 40.7. The van der Waals surface area contributed by atoms with Crippen molar-refractivity contribution in [2.75, 3.05) is 0 Å². The Labute approximate surface area is 163 Å². The van der Waals surface area contributed by atoms with Crippen LogP contribution in [0.1, 0.15) is 47.6 Å². The predicted octanol–water partition coefficient (Wildman–Crippen LogP) is 3.11. The molecule has 3 rings (SSSR count). The van der Waals surface area contributed by atoms with E-state index in [9.17, 15) is 23.1 Å². The van der Waals surface area contributed by atoms with E-state index in [1.165, 1.54) is 24.6 Å². The molecule has 29 heavy (non-hydrogen) atoms. The van der Waals surface area contributed by atoms with Gasteiger partial charge in [-0.1, -0.05) is 24.3 Å². The number of nitriles is 1. The van der Waals surface area contributed by atoms with Crippen LogP contribution in [0.4, 0.5) is 13.2 Å². The Morgan fingerprint density at radius 1 is 1.31 bits per heavy atom. The van der Waals surface area contributed by atoms with Gasteiger partial charge in [0.05, 0.1) is 18.3 Å². The highest BCUT2D eigenvalue weighted by Gasteiger charge is 2.55. The molecule has 0 amide bonds. The van der Waals surface area contributed by atoms with E-state index in [0.717, 1.165) is 6.20 Å². The van der Waals surface area contributed by atoms with Gasteiger partial charge in [-0.15, -0.1) is 5.10 Å². The van der Waals surface area contributed by atoms with E-state index in [1.807, 2.05) is 6.07 Å². The van der Waals surface area contributed by atoms with Gasteiger partial charge in [-0.25, -0.2) is 9.67 Å². The summed E-state index contributed by atoms with van der Waals surface area (Å²) in [6.07, 6.45) is -4.44. The number of Topliss-reactive ketones (excluding diaryl/α,β-unsaturated/α-hetero) is 1. The van der Waals surface area contributed by atoms with E-state index in [4.69, 9.17) is 5.26 Å². The monoisotopic (exact) mass is 403 g/mol. The minimum absolute atomic E-state index is 0.0639. The summed E-state index contributed by atoms with van der Waals surface area (Å²) in [6.45, 7) is 2.66. The Morgan fingerprint density at radius 2 is 2.03 bits per heavy atom. The molecular formula is C19H16F3N5O2. The van der Waals surface area contributed by atoms with Crippen LogP contribution in [-0.4, -0.2) is 37.0 Å². The zero-order valence-electron chi connectivity index (χ0n) is 15.5. The van der Waals surface area contributed by atoms with Crippen molar-refractivity contribution in [3.63, 3.8) is 0 Å². The molecular weight excluding hydrogens is 387 g/mol. The molecule has 0 aliphatic carbocycles. The lowest BCUT2D eigenvalue weighted by Gasteiger charge is -2.26. The van der Waals surface area contributed by atoms with Crippen LogP contribution in [-0.2, 0) is 12.1 Å². The number of carbonyl (C=O) groups excluding carboxylic acids is 1. The van der Waals surface area contributed by atoms with Gasteiger partial charge < -0.3 is 5.11 Å². The molecule has 1 N–H and O–H groups in total. The van der Waals surface area contributed by atoms with Gasteiger partial charge >= 0.3 is 6.18 Å². The van der Waals surface area contributed by atoms with Crippen LogP contribution in [0.15, 0.2) is 30.5 Å². The summed E-state index contributed by atoms with van der Waals surface area (Å²) in [6, 6.07) is 8.28. The molecule has 10 heteroatoms. The molecule has 1 atom stereocenters. The molecule has 0 aliphatic rings. The second-order valence-corrected chi connectivity index (χ2v) is 6.59. The zero-order valence-corrected chi connectivity index (χ0v) is 15.5. The Morgan fingerprint density at radius 3 is 2.62 bits per heavy atom. The Balaban J connectivity index is 1.97. The molecule has 150 valence electrons. The highest BCUT2D eigenvalue weighted by Crippen LogP contribution is 2.40. The molecule has 0 radical (unpaired) electrons. The van der Waals surface area contributed by atoms with Gasteiger partial charge in [-0.3, -0.25) is 4.79 Å². The maximum atomic E-state index is 13.2. The van der Waals surface area contributed by atoms with Crippen LogP contribution < -0.4 is 0 Å². The molecule has 0 spiro atoms. The summed E-state index contributed by atoms with van der Waals surface area (Å²) in [5.41, 5.74) is -2.18. The third-order valence-corrected chi connectivity index (χ3v) is 4.66. The SMILES string of the molecule is CCC(O)(c1cn(Cc2ccc3c(C(C)=O)cc(C#N)nc3c2)nn1)C(F)(F)F. The Bertz CT molecular complexity index is 1130. The maximum absolute atomic E-state index is 13.2. The molecule has 2 aromatic heterocycles. The third-order valence-electron chi connectivity index (χ3n) is 4.66. The number of nitrogens with zero attached hydrogens (tertiary/aromatic N) is 5. The van der Waals surface area contributed by atoms with E-state index >= 15 is 0 Å². The zero-order chi connectivity index (χ0) is 21.4. The van der Waals surface area contributed by atoms with Crippen molar-refractivity contribution in [1.82, 2.24) is 20.0 Å². The summed E-state index contributed by atoms with van der Waals surface area (Å²) in [5.74, 6) is -0.214. The molecule has 2 heterocycles. The van der Waals surface area contributed by atoms with Crippen molar-refractivity contribution in [3.8, 4) is 6.07 Å². The van der Waals surface area contributed by atoms with E-state index in [1.54, 1.807) is 18.2 Å². The fourth-order valence-electron chi connectivity index (χ4n) is 3.00. The largest absolute Gasteiger partial charge is 0.423 e. The summed E-state index contributed by atoms with van der Waals surface area (Å²) in [7, 11) is 0. The van der Waals surface area contributed by atoms with Crippen LogP contribution in [0.5, 0.6) is 0 Å². The summed E-state index contributed by atoms with van der Waals surface area (Å²) in [5, 5.41) is 26.8. The van der Waals surface area contributed by atoms with Gasteiger partial charge in [0.25, 0.3) is 0 Å². The minimum atomic E-state index is -4.88. The quantitative estimate of drug-likeness (QED) is 0.657. The fraction of sp³-hybridized carbons (Fsp3) is 0.316. The van der Waals surface area contributed by atoms with Crippen LogP contribution in [0.25, 0.3) is 10.9 Å². The summed E-state index contributed by atoms with van der Waals surface area (Å²) in [4.78, 5) is 16.0. The number of ketones is 1. The second kappa shape index (κ2) is 7.25. The second-order valence-electron chi connectivity index (χ2n) is 6.59. The number of hydrogen-bond acceptors (Lipinski definition) is 6. The number of pyridine rings is 1. The highest BCUT2D eigenvalue weighted by molar-refractivity contribution is 6.06. The number of aliphatic hydroxyl groups is 1. The molecule has 0 bridgehead atoms. The number of alkyl halides is 3. The van der Waals surface area contributed by atoms with Gasteiger partial charge in [0.1, 0.15) is 17.5 Å². The lowest BCUT2D eigenvalue weighted by molar-refractivity contribution is -0.269. The number of carbonyl (C=O) groups is 1. The van der Waals surface area contributed by atoms with Crippen LogP contribution in [0.2, 0.25) is 0 Å². The minimum Gasteiger partial charge on any atom is -0.375 e. The molecule has 0 saturated carbocycles. The van der Waals surface area contributed by atoms with Crippen LogP contribution in [0.3, 0.4) is 0 Å². The van der Waals surface area contributed by atoms with Crippen LogP contribution >= 0.6 is 0 Å². The first-order valence-electron chi connectivity index (χ1n) is 8.63. The van der Waals surface area contributed by atoms with Crippen molar-refractivity contribution in [2.45, 2.75) is 38.6 Å². The first-order valence-corrected chi connectivity index (χ1v) is 8.63. The lowest BCUT2D eigenvalue weighted by Crippen LogP contribution is -2.42. The average Bonchev–Trinajstić information content (AvgIpc) is 3.13. The smallest absolute Gasteiger partial charge is 0.375 e. The average molecular weight is 403 g/mol. The Hall–Kier alpha value is -3.32. The van der Waals surface area contributed by atoms with E-state index in [-0.39, 0.29) is 18.0 Å². The maximum Gasteiger partial charge on any atom is 0.423 e. The molecule has 7 nitrogen and oxygen atoms in total. The van der Waals surface area contributed by atoms with Gasteiger partial charge in [0.15, 0.2) is 5.78 Å². The van der Waals surface area contributed by atoms with Crippen molar-refractivity contribution in [3.05, 3.63) is 53.0 Å². The van der Waals surface area contributed by atoms with Crippen LogP contribution in [0, 0.1) is 11.3 Å². The van der Waals surface area contributed by atoms with Crippen molar-refractivity contribution < 1.29 is 23.1 Å². The third kappa shape index (κ3) is 3.69. The standard InChI is InChI=1S/C19H16F3N5O2/c1-3-18(29,19(20,21)22)17-10-27(26-25-17)9-12-4-5-14-15(11(2)28)7-13(8-23)24-16(14)6-12/h4-7,10,29H,3,9H2,1-2H3. The predicted molar refractivity (Wildman–Crippen MR) is 95.8 cm³/mol. The van der Waals surface area contributed by atoms with E-state index < -0.39 is 23.9 Å². The number of benzene rings is 1. The fourth-order valence-corrected chi connectivity index (χ4v) is 3.00.